The van der Waals surface area contributed by atoms with Crippen molar-refractivity contribution in [2.45, 2.75) is 44.1 Å². The number of rotatable bonds is 12. The van der Waals surface area contributed by atoms with Crippen LogP contribution in [0.1, 0.15) is 31.9 Å². The van der Waals surface area contributed by atoms with Crippen LogP contribution in [0.5, 0.6) is 5.75 Å². The summed E-state index contributed by atoms with van der Waals surface area (Å²) in [6.45, 7) is 3.78. The molecule has 1 aromatic heterocycles. The summed E-state index contributed by atoms with van der Waals surface area (Å²) in [6.07, 6.45) is -4.34. The smallest absolute Gasteiger partial charge is 0.491 e. The molecule has 4 rings (SSSR count). The zero-order chi connectivity index (χ0) is 37.0. The SMILES string of the molecule is CCOc1cccc(C(Nc2cc(F)c3c(N)nccc3c2)(OC(=O)C(F)(F)F)C(=O)N(C)Cc2cc(NC(C)=O)ccc2S(=O)(=O)CC)c1. The fraction of sp³-hybridized carbons (Fsp3) is 0.273. The Hall–Kier alpha value is -5.45. The molecule has 0 spiro atoms. The summed E-state index contributed by atoms with van der Waals surface area (Å²) in [5.74, 6) is -5.99. The van der Waals surface area contributed by atoms with Gasteiger partial charge in [-0.1, -0.05) is 19.1 Å². The first-order valence-corrected chi connectivity index (χ1v) is 16.6. The van der Waals surface area contributed by atoms with E-state index in [-0.39, 0.29) is 62.1 Å². The number of esters is 1. The maximum atomic E-state index is 15.4. The summed E-state index contributed by atoms with van der Waals surface area (Å²) in [5, 5.41) is 5.07. The van der Waals surface area contributed by atoms with Crippen LogP contribution in [0.25, 0.3) is 10.8 Å². The molecular weight excluding hydrogens is 686 g/mol. The molecule has 266 valence electrons. The normalized spacial score (nSPS) is 12.9. The number of aromatic nitrogens is 1. The molecule has 0 saturated heterocycles. The molecule has 1 atom stereocenters. The van der Waals surface area contributed by atoms with E-state index in [1.54, 1.807) is 6.92 Å². The van der Waals surface area contributed by atoms with Crippen LogP contribution in [0.2, 0.25) is 0 Å². The van der Waals surface area contributed by atoms with E-state index in [1.165, 1.54) is 68.6 Å². The molecule has 0 aliphatic carbocycles. The number of anilines is 3. The number of nitrogen functional groups attached to an aromatic ring is 1. The van der Waals surface area contributed by atoms with E-state index in [1.807, 2.05) is 0 Å². The van der Waals surface area contributed by atoms with Crippen molar-refractivity contribution in [2.24, 2.45) is 0 Å². The van der Waals surface area contributed by atoms with Crippen molar-refractivity contribution in [3.63, 3.8) is 0 Å². The number of fused-ring (bicyclic) bond motifs is 1. The van der Waals surface area contributed by atoms with Crippen LogP contribution in [0.3, 0.4) is 0 Å². The number of nitrogens with two attached hydrogens (primary N) is 1. The first-order valence-electron chi connectivity index (χ1n) is 15.0. The van der Waals surface area contributed by atoms with E-state index in [9.17, 15) is 36.0 Å². The largest absolute Gasteiger partial charge is 0.494 e. The van der Waals surface area contributed by atoms with Crippen molar-refractivity contribution < 1.29 is 49.8 Å². The highest BCUT2D eigenvalue weighted by molar-refractivity contribution is 7.91. The molecule has 0 radical (unpaired) electrons. The first-order chi connectivity index (χ1) is 23.4. The molecule has 1 unspecified atom stereocenters. The fourth-order valence-electron chi connectivity index (χ4n) is 5.15. The van der Waals surface area contributed by atoms with Gasteiger partial charge in [-0.25, -0.2) is 22.6 Å². The van der Waals surface area contributed by atoms with Crippen LogP contribution in [0.15, 0.2) is 71.8 Å². The van der Waals surface area contributed by atoms with Gasteiger partial charge < -0.3 is 30.7 Å². The lowest BCUT2D eigenvalue weighted by atomic mass is 9.98. The van der Waals surface area contributed by atoms with E-state index < -0.39 is 51.9 Å². The second-order valence-electron chi connectivity index (χ2n) is 11.0. The number of carbonyl (C=O) groups excluding carboxylic acids is 3. The van der Waals surface area contributed by atoms with E-state index in [2.05, 4.69) is 15.6 Å². The zero-order valence-electron chi connectivity index (χ0n) is 27.2. The molecule has 0 fully saturated rings. The number of hydrogen-bond acceptors (Lipinski definition) is 10. The summed E-state index contributed by atoms with van der Waals surface area (Å²) >= 11 is 0. The lowest BCUT2D eigenvalue weighted by Crippen LogP contribution is -2.54. The van der Waals surface area contributed by atoms with Crippen LogP contribution >= 0.6 is 0 Å². The van der Waals surface area contributed by atoms with Crippen LogP contribution in [0.4, 0.5) is 34.8 Å². The molecular formula is C33H33F4N5O7S. The highest BCUT2D eigenvalue weighted by Gasteiger charge is 2.53. The third kappa shape index (κ3) is 8.05. The molecule has 0 aliphatic heterocycles. The number of likely N-dealkylation sites (N-methyl/N-ethyl adjacent to an activating group) is 1. The second-order valence-corrected chi connectivity index (χ2v) is 13.2. The monoisotopic (exact) mass is 719 g/mol. The molecule has 17 heteroatoms. The number of halogens is 4. The van der Waals surface area contributed by atoms with Crippen LogP contribution in [0, 0.1) is 5.82 Å². The van der Waals surface area contributed by atoms with Crippen LogP contribution in [-0.4, -0.2) is 61.7 Å². The molecule has 50 heavy (non-hydrogen) atoms. The summed E-state index contributed by atoms with van der Waals surface area (Å²) in [5.41, 5.74) is 2.25. The second kappa shape index (κ2) is 14.6. The lowest BCUT2D eigenvalue weighted by molar-refractivity contribution is -0.215. The molecule has 0 aliphatic rings. The van der Waals surface area contributed by atoms with Crippen molar-refractivity contribution >= 4 is 55.6 Å². The number of ether oxygens (including phenoxy) is 2. The Morgan fingerprint density at radius 3 is 2.36 bits per heavy atom. The molecule has 0 saturated carbocycles. The van der Waals surface area contributed by atoms with E-state index >= 15 is 4.39 Å². The van der Waals surface area contributed by atoms with Gasteiger partial charge in [0.2, 0.25) is 5.91 Å². The van der Waals surface area contributed by atoms with Crippen molar-refractivity contribution in [2.75, 3.05) is 35.8 Å². The highest BCUT2D eigenvalue weighted by atomic mass is 32.2. The molecule has 1 heterocycles. The highest BCUT2D eigenvalue weighted by Crippen LogP contribution is 2.37. The van der Waals surface area contributed by atoms with Gasteiger partial charge in [0, 0.05) is 43.7 Å². The van der Waals surface area contributed by atoms with Gasteiger partial charge in [0.15, 0.2) is 9.84 Å². The minimum Gasteiger partial charge on any atom is -0.494 e. The topological polar surface area (TPSA) is 170 Å². The van der Waals surface area contributed by atoms with Crippen molar-refractivity contribution in [1.82, 2.24) is 9.88 Å². The van der Waals surface area contributed by atoms with E-state index in [0.717, 1.165) is 24.1 Å². The Balaban J connectivity index is 1.96. The van der Waals surface area contributed by atoms with Gasteiger partial charge in [0.25, 0.3) is 11.6 Å². The Morgan fingerprint density at radius 2 is 1.72 bits per heavy atom. The van der Waals surface area contributed by atoms with Gasteiger partial charge in [0.05, 0.1) is 22.6 Å². The number of pyridine rings is 1. The Kier molecular flexibility index (Phi) is 10.9. The fourth-order valence-corrected chi connectivity index (χ4v) is 6.26. The number of sulfone groups is 1. The third-order valence-electron chi connectivity index (χ3n) is 7.35. The predicted molar refractivity (Wildman–Crippen MR) is 176 cm³/mol. The van der Waals surface area contributed by atoms with Gasteiger partial charge >= 0.3 is 12.1 Å². The van der Waals surface area contributed by atoms with Crippen molar-refractivity contribution in [1.29, 1.82) is 0 Å². The Morgan fingerprint density at radius 1 is 1.00 bits per heavy atom. The summed E-state index contributed by atoms with van der Waals surface area (Å²) < 4.78 is 93.7. The van der Waals surface area contributed by atoms with Gasteiger partial charge in [-0.15, -0.1) is 0 Å². The lowest BCUT2D eigenvalue weighted by Gasteiger charge is -2.37. The van der Waals surface area contributed by atoms with Crippen LogP contribution < -0.4 is 21.1 Å². The predicted octanol–water partition coefficient (Wildman–Crippen LogP) is 5.14. The molecule has 12 nitrogen and oxygen atoms in total. The number of benzene rings is 3. The molecule has 0 bridgehead atoms. The number of carbonyl (C=O) groups is 3. The molecule has 4 aromatic rings. The minimum absolute atomic E-state index is 0.0206. The summed E-state index contributed by atoms with van der Waals surface area (Å²) in [6, 6.07) is 12.4. The van der Waals surface area contributed by atoms with Crippen LogP contribution in [-0.2, 0) is 41.2 Å². The summed E-state index contributed by atoms with van der Waals surface area (Å²) in [7, 11) is -2.80. The maximum absolute atomic E-state index is 15.4. The minimum atomic E-state index is -5.60. The van der Waals surface area contributed by atoms with Gasteiger partial charge in [-0.05, 0) is 66.4 Å². The number of nitrogens with zero attached hydrogens (tertiary/aromatic N) is 2. The Labute approximate surface area is 284 Å². The third-order valence-corrected chi connectivity index (χ3v) is 9.17. The molecule has 2 amide bonds. The number of nitrogens with one attached hydrogen (secondary N) is 2. The standard InChI is InChI=1S/C33H33F4N5O7S/c1-5-48-25-9-7-8-22(16-25)32(49-31(45)33(35,36)37,41-24-14-20-12-13-39-29(38)28(20)26(34)17-24)30(44)42(4)18-21-15-23(40-19(3)43)10-11-27(21)50(46,47)6-2/h7-17,41H,5-6,18H2,1-4H3,(H2,38,39)(H,40,43). The van der Waals surface area contributed by atoms with Gasteiger partial charge in [-0.2, -0.15) is 13.2 Å². The van der Waals surface area contributed by atoms with Gasteiger partial charge in [0.1, 0.15) is 17.4 Å². The molecule has 3 aromatic carbocycles. The average molecular weight is 720 g/mol. The van der Waals surface area contributed by atoms with Crippen molar-refractivity contribution in [3.8, 4) is 5.75 Å². The zero-order valence-corrected chi connectivity index (χ0v) is 28.0. The quantitative estimate of drug-likeness (QED) is 0.101. The maximum Gasteiger partial charge on any atom is 0.491 e. The molecule has 4 N–H and O–H groups in total. The number of alkyl halides is 3. The van der Waals surface area contributed by atoms with E-state index in [4.69, 9.17) is 15.2 Å². The first kappa shape index (κ1) is 37.4. The number of hydrogen-bond donors (Lipinski definition) is 3. The van der Waals surface area contributed by atoms with Crippen molar-refractivity contribution in [3.05, 3.63) is 83.8 Å². The van der Waals surface area contributed by atoms with E-state index in [0.29, 0.717) is 0 Å². The summed E-state index contributed by atoms with van der Waals surface area (Å²) in [4.78, 5) is 43.5. The van der Waals surface area contributed by atoms with Gasteiger partial charge in [-0.3, -0.25) is 9.59 Å². The Bertz CT molecular complexity index is 2060. The average Bonchev–Trinajstić information content (AvgIpc) is 3.03. The number of amides is 2.